The van der Waals surface area contributed by atoms with Crippen LogP contribution in [0.1, 0.15) is 12.0 Å². The summed E-state index contributed by atoms with van der Waals surface area (Å²) in [5.41, 5.74) is -2.15. The first-order valence-electron chi connectivity index (χ1n) is 5.22. The molecule has 2 N–H and O–H groups in total. The molecule has 0 amide bonds. The lowest BCUT2D eigenvalue weighted by Crippen LogP contribution is -2.38. The van der Waals surface area contributed by atoms with E-state index >= 15 is 0 Å². The number of ether oxygens (including phenoxy) is 1. The fourth-order valence-electron chi connectivity index (χ4n) is 1.87. The summed E-state index contributed by atoms with van der Waals surface area (Å²) in [6, 6.07) is 2.43. The number of thioether (sulfide) groups is 1. The minimum absolute atomic E-state index is 0.0144. The van der Waals surface area contributed by atoms with E-state index in [1.165, 1.54) is 12.1 Å². The van der Waals surface area contributed by atoms with Crippen molar-refractivity contribution >= 4 is 29.3 Å². The van der Waals surface area contributed by atoms with Crippen molar-refractivity contribution in [3.8, 4) is 5.75 Å². The molecule has 0 bridgehead atoms. The second-order valence-electron chi connectivity index (χ2n) is 3.92. The van der Waals surface area contributed by atoms with Crippen molar-refractivity contribution in [3.05, 3.63) is 22.7 Å². The van der Waals surface area contributed by atoms with E-state index in [0.29, 0.717) is 0 Å². The summed E-state index contributed by atoms with van der Waals surface area (Å²) in [4.78, 5) is 11.4. The van der Waals surface area contributed by atoms with Crippen LogP contribution in [-0.2, 0) is 10.4 Å². The Bertz CT molecular complexity index is 526. The maximum Gasteiger partial charge on any atom is 0.387 e. The van der Waals surface area contributed by atoms with Gasteiger partial charge in [-0.25, -0.2) is 4.79 Å². The molecule has 1 heterocycles. The number of benzene rings is 1. The molecule has 0 saturated carbocycles. The Kier molecular flexibility index (Phi) is 3.89. The van der Waals surface area contributed by atoms with E-state index in [1.54, 1.807) is 0 Å². The topological polar surface area (TPSA) is 66.8 Å². The van der Waals surface area contributed by atoms with Crippen LogP contribution in [0.5, 0.6) is 5.75 Å². The molecule has 104 valence electrons. The zero-order valence-electron chi connectivity index (χ0n) is 9.40. The zero-order chi connectivity index (χ0) is 14.2. The fraction of sp³-hybridized carbons (Fsp3) is 0.364. The molecule has 8 heteroatoms. The highest BCUT2D eigenvalue weighted by atomic mass is 35.5. The molecule has 1 aromatic carbocycles. The molecule has 1 atom stereocenters. The van der Waals surface area contributed by atoms with Crippen molar-refractivity contribution in [1.29, 1.82) is 0 Å². The number of carboxylic acids is 1. The van der Waals surface area contributed by atoms with Crippen molar-refractivity contribution in [2.24, 2.45) is 0 Å². The largest absolute Gasteiger partial charge is 0.479 e. The summed E-state index contributed by atoms with van der Waals surface area (Å²) >= 11 is 6.90. The van der Waals surface area contributed by atoms with Crippen LogP contribution in [0.15, 0.2) is 17.0 Å². The maximum absolute atomic E-state index is 12.3. The van der Waals surface area contributed by atoms with Crippen molar-refractivity contribution in [2.45, 2.75) is 23.5 Å². The molecule has 1 aliphatic rings. The van der Waals surface area contributed by atoms with Gasteiger partial charge in [0.05, 0.1) is 4.90 Å². The molecule has 0 spiro atoms. The standard InChI is InChI=1S/C11H9ClF2O4S/c12-5-3-6-8(7(4-5)18-10(13)14)19-2-1-11(6,17)9(15)16/h3-4,10,17H,1-2H2,(H,15,16). The van der Waals surface area contributed by atoms with Crippen LogP contribution >= 0.6 is 23.4 Å². The molecular weight excluding hydrogens is 302 g/mol. The number of aliphatic hydroxyl groups is 1. The van der Waals surface area contributed by atoms with Crippen LogP contribution < -0.4 is 4.74 Å². The van der Waals surface area contributed by atoms with Gasteiger partial charge in [0.15, 0.2) is 5.60 Å². The van der Waals surface area contributed by atoms with Gasteiger partial charge >= 0.3 is 12.6 Å². The molecule has 2 rings (SSSR count). The van der Waals surface area contributed by atoms with Gasteiger partial charge in [0.2, 0.25) is 0 Å². The van der Waals surface area contributed by atoms with E-state index in [4.69, 9.17) is 16.7 Å². The predicted octanol–water partition coefficient (Wildman–Crippen LogP) is 2.71. The van der Waals surface area contributed by atoms with Gasteiger partial charge in [-0.05, 0) is 6.07 Å². The summed E-state index contributed by atoms with van der Waals surface area (Å²) in [6.07, 6.45) is -0.0333. The van der Waals surface area contributed by atoms with E-state index in [2.05, 4.69) is 4.74 Å². The summed E-state index contributed by atoms with van der Waals surface area (Å²) in [6.45, 7) is -3.05. The van der Waals surface area contributed by atoms with Gasteiger partial charge in [0.1, 0.15) is 5.75 Å². The molecule has 0 aromatic heterocycles. The number of carboxylic acid groups (broad SMARTS) is 1. The Morgan fingerprint density at radius 3 is 2.79 bits per heavy atom. The lowest BCUT2D eigenvalue weighted by atomic mass is 9.90. The number of carbonyl (C=O) groups is 1. The second kappa shape index (κ2) is 5.15. The Balaban J connectivity index is 2.59. The third-order valence-electron chi connectivity index (χ3n) is 2.75. The van der Waals surface area contributed by atoms with Crippen molar-refractivity contribution in [1.82, 2.24) is 0 Å². The van der Waals surface area contributed by atoms with Crippen LogP contribution in [-0.4, -0.2) is 28.5 Å². The van der Waals surface area contributed by atoms with Crippen LogP contribution in [0.4, 0.5) is 8.78 Å². The number of rotatable bonds is 3. The highest BCUT2D eigenvalue weighted by Crippen LogP contribution is 2.46. The quantitative estimate of drug-likeness (QED) is 0.898. The van der Waals surface area contributed by atoms with Gasteiger partial charge in [-0.15, -0.1) is 11.8 Å². The lowest BCUT2D eigenvalue weighted by molar-refractivity contribution is -0.160. The second-order valence-corrected chi connectivity index (χ2v) is 5.46. The van der Waals surface area contributed by atoms with Crippen LogP contribution in [0.2, 0.25) is 5.02 Å². The zero-order valence-corrected chi connectivity index (χ0v) is 11.0. The number of alkyl halides is 2. The number of hydrogen-bond acceptors (Lipinski definition) is 4. The molecule has 0 aliphatic carbocycles. The molecule has 1 aromatic rings. The molecule has 19 heavy (non-hydrogen) atoms. The first-order valence-corrected chi connectivity index (χ1v) is 6.58. The molecule has 4 nitrogen and oxygen atoms in total. The van der Waals surface area contributed by atoms with Crippen molar-refractivity contribution in [3.63, 3.8) is 0 Å². The third kappa shape index (κ3) is 2.63. The normalized spacial score (nSPS) is 22.2. The Hall–Kier alpha value is -1.05. The summed E-state index contributed by atoms with van der Waals surface area (Å²) in [7, 11) is 0. The average molecular weight is 311 g/mol. The molecule has 0 radical (unpaired) electrons. The van der Waals surface area contributed by atoms with Gasteiger partial charge in [-0.3, -0.25) is 0 Å². The monoisotopic (exact) mass is 310 g/mol. The number of halogens is 3. The Morgan fingerprint density at radius 1 is 1.53 bits per heavy atom. The maximum atomic E-state index is 12.3. The molecular formula is C11H9ClF2O4S. The van der Waals surface area contributed by atoms with E-state index < -0.39 is 18.2 Å². The lowest BCUT2D eigenvalue weighted by Gasteiger charge is -2.31. The first kappa shape index (κ1) is 14.4. The highest BCUT2D eigenvalue weighted by molar-refractivity contribution is 7.99. The summed E-state index contributed by atoms with van der Waals surface area (Å²) < 4.78 is 29.0. The molecule has 0 fully saturated rings. The van der Waals surface area contributed by atoms with Gasteiger partial charge in [0, 0.05) is 28.8 Å². The summed E-state index contributed by atoms with van der Waals surface area (Å²) in [5.74, 6) is -1.39. The van der Waals surface area contributed by atoms with Gasteiger partial charge < -0.3 is 14.9 Å². The van der Waals surface area contributed by atoms with Gasteiger partial charge in [-0.1, -0.05) is 11.6 Å². The average Bonchev–Trinajstić information content (AvgIpc) is 2.29. The van der Waals surface area contributed by atoms with Crippen molar-refractivity contribution < 1.29 is 28.5 Å². The van der Waals surface area contributed by atoms with Crippen LogP contribution in [0, 0.1) is 0 Å². The minimum Gasteiger partial charge on any atom is -0.479 e. The smallest absolute Gasteiger partial charge is 0.387 e. The van der Waals surface area contributed by atoms with E-state index in [1.807, 2.05) is 0 Å². The first-order chi connectivity index (χ1) is 8.84. The van der Waals surface area contributed by atoms with Gasteiger partial charge in [0.25, 0.3) is 0 Å². The van der Waals surface area contributed by atoms with E-state index in [9.17, 15) is 18.7 Å². The highest BCUT2D eigenvalue weighted by Gasteiger charge is 2.43. The van der Waals surface area contributed by atoms with Crippen molar-refractivity contribution in [2.75, 3.05) is 5.75 Å². The SMILES string of the molecule is O=C(O)C1(O)CCSc2c(OC(F)F)cc(Cl)cc21. The Labute approximate surface area is 116 Å². The van der Waals surface area contributed by atoms with Crippen LogP contribution in [0.3, 0.4) is 0 Å². The third-order valence-corrected chi connectivity index (χ3v) is 4.08. The van der Waals surface area contributed by atoms with Crippen LogP contribution in [0.25, 0.3) is 0 Å². The molecule has 0 saturated heterocycles. The molecule has 1 aliphatic heterocycles. The Morgan fingerprint density at radius 2 is 2.21 bits per heavy atom. The molecule has 1 unspecified atom stereocenters. The minimum atomic E-state index is -3.05. The fourth-order valence-corrected chi connectivity index (χ4v) is 3.31. The summed E-state index contributed by atoms with van der Waals surface area (Å²) in [5, 5.41) is 19.3. The number of hydrogen-bond donors (Lipinski definition) is 2. The number of aliphatic carboxylic acids is 1. The van der Waals surface area contributed by atoms with Gasteiger partial charge in [-0.2, -0.15) is 8.78 Å². The predicted molar refractivity (Wildman–Crippen MR) is 65.0 cm³/mol. The van der Waals surface area contributed by atoms with E-state index in [-0.39, 0.29) is 33.4 Å². The number of fused-ring (bicyclic) bond motifs is 1. The van der Waals surface area contributed by atoms with E-state index in [0.717, 1.165) is 11.8 Å².